The Morgan fingerprint density at radius 1 is 1.33 bits per heavy atom. The Hall–Kier alpha value is -1.13. The zero-order valence-electron chi connectivity index (χ0n) is 7.98. The van der Waals surface area contributed by atoms with Gasteiger partial charge in [0.25, 0.3) is 0 Å². The van der Waals surface area contributed by atoms with E-state index >= 15 is 0 Å². The number of aromatic nitrogens is 1. The van der Waals surface area contributed by atoms with Gasteiger partial charge < -0.3 is 10.3 Å². The Labute approximate surface area is 95.7 Å². The van der Waals surface area contributed by atoms with Crippen LogP contribution in [0.4, 0.5) is 0 Å². The molecule has 0 radical (unpaired) electrons. The number of fused-ring (bicyclic) bond motifs is 1. The zero-order chi connectivity index (χ0) is 10.8. The molecule has 0 saturated heterocycles. The summed E-state index contributed by atoms with van der Waals surface area (Å²) in [4.78, 5) is 0. The van der Waals surface area contributed by atoms with Gasteiger partial charge in [-0.05, 0) is 22.0 Å². The third kappa shape index (κ3) is 1.82. The summed E-state index contributed by atoms with van der Waals surface area (Å²) in [7, 11) is 0. The molecular weight excluding hydrogens is 258 g/mol. The van der Waals surface area contributed by atoms with Gasteiger partial charge in [-0.2, -0.15) is 4.73 Å². The maximum absolute atomic E-state index is 11.6. The molecule has 2 rings (SSSR count). The summed E-state index contributed by atoms with van der Waals surface area (Å²) in [6.45, 7) is -0.0286. The van der Waals surface area contributed by atoms with Crippen LogP contribution in [0, 0.1) is 5.21 Å². The van der Waals surface area contributed by atoms with Crippen molar-refractivity contribution in [1.29, 1.82) is 0 Å². The topological polar surface area (TPSA) is 47.2 Å². The number of aliphatic hydroxyl groups excluding tert-OH is 1. The lowest BCUT2D eigenvalue weighted by Crippen LogP contribution is -2.32. The molecule has 0 saturated carbocycles. The molecule has 0 amide bonds. The van der Waals surface area contributed by atoms with Crippen LogP contribution in [0.3, 0.4) is 0 Å². The van der Waals surface area contributed by atoms with E-state index in [0.29, 0.717) is 12.1 Å². The van der Waals surface area contributed by atoms with Crippen molar-refractivity contribution in [3.05, 3.63) is 45.8 Å². The van der Waals surface area contributed by atoms with E-state index in [0.717, 1.165) is 20.0 Å². The number of nitrogens with zero attached hydrogens (tertiary/aromatic N) is 1. The van der Waals surface area contributed by atoms with E-state index < -0.39 is 0 Å². The smallest absolute Gasteiger partial charge is 0.209 e. The van der Waals surface area contributed by atoms with Crippen LogP contribution in [0.1, 0.15) is 5.69 Å². The van der Waals surface area contributed by atoms with Gasteiger partial charge >= 0.3 is 0 Å². The van der Waals surface area contributed by atoms with Crippen LogP contribution < -0.4 is 4.73 Å². The predicted octanol–water partition coefficient (Wildman–Crippen LogP) is 1.77. The summed E-state index contributed by atoms with van der Waals surface area (Å²) in [5.74, 6) is 0. The van der Waals surface area contributed by atoms with Crippen molar-refractivity contribution in [3.63, 3.8) is 0 Å². The molecule has 3 nitrogen and oxygen atoms in total. The molecule has 1 aromatic heterocycles. The fourth-order valence-electron chi connectivity index (χ4n) is 1.59. The van der Waals surface area contributed by atoms with Crippen LogP contribution >= 0.6 is 15.9 Å². The Kier molecular flexibility index (Phi) is 2.88. The summed E-state index contributed by atoms with van der Waals surface area (Å²) in [5.41, 5.74) is 0.566. The lowest BCUT2D eigenvalue weighted by atomic mass is 10.1. The Morgan fingerprint density at radius 3 is 2.80 bits per heavy atom. The molecule has 1 heterocycles. The first kappa shape index (κ1) is 10.4. The summed E-state index contributed by atoms with van der Waals surface area (Å²) in [5, 5.41) is 22.4. The fraction of sp³-hybridized carbons (Fsp3) is 0.182. The number of halogens is 1. The molecule has 0 aliphatic rings. The minimum atomic E-state index is -0.0286. The number of rotatable bonds is 2. The first-order valence-corrected chi connectivity index (χ1v) is 5.43. The molecule has 0 bridgehead atoms. The Morgan fingerprint density at radius 2 is 2.07 bits per heavy atom. The van der Waals surface area contributed by atoms with E-state index in [1.807, 2.05) is 24.3 Å². The van der Waals surface area contributed by atoms with Crippen molar-refractivity contribution >= 4 is 26.7 Å². The van der Waals surface area contributed by atoms with Crippen LogP contribution in [-0.4, -0.2) is 11.7 Å². The Bertz CT molecular complexity index is 499. The third-order valence-electron chi connectivity index (χ3n) is 2.32. The molecule has 0 unspecified atom stereocenters. The summed E-state index contributed by atoms with van der Waals surface area (Å²) >= 11 is 3.40. The standard InChI is InChI=1S/C11H10BrNO2/c12-11-9-4-2-1-3-8(9)7-13(15)10(11)5-6-14/h1-4,7,14H,5-6H2. The SMILES string of the molecule is [O-][n+]1cc2ccccc2c(Br)c1CCO. The minimum Gasteiger partial charge on any atom is -0.618 e. The summed E-state index contributed by atoms with van der Waals surface area (Å²) < 4.78 is 1.58. The second kappa shape index (κ2) is 4.16. The molecule has 0 atom stereocenters. The highest BCUT2D eigenvalue weighted by Gasteiger charge is 2.14. The van der Waals surface area contributed by atoms with Gasteiger partial charge in [0, 0.05) is 10.8 Å². The average Bonchev–Trinajstić information content (AvgIpc) is 2.24. The van der Waals surface area contributed by atoms with Crippen LogP contribution in [0.15, 0.2) is 34.9 Å². The fourth-order valence-corrected chi connectivity index (χ4v) is 2.33. The monoisotopic (exact) mass is 267 g/mol. The third-order valence-corrected chi connectivity index (χ3v) is 3.21. The van der Waals surface area contributed by atoms with Crippen molar-refractivity contribution < 1.29 is 9.84 Å². The summed E-state index contributed by atoms with van der Waals surface area (Å²) in [6, 6.07) is 7.64. The van der Waals surface area contributed by atoms with Gasteiger partial charge in [0.05, 0.1) is 17.5 Å². The molecular formula is C11H10BrNO2. The van der Waals surface area contributed by atoms with Gasteiger partial charge in [0.2, 0.25) is 5.69 Å². The van der Waals surface area contributed by atoms with Crippen molar-refractivity contribution in [3.8, 4) is 0 Å². The van der Waals surface area contributed by atoms with Gasteiger partial charge in [-0.25, -0.2) is 0 Å². The van der Waals surface area contributed by atoms with E-state index in [-0.39, 0.29) is 6.61 Å². The van der Waals surface area contributed by atoms with Gasteiger partial charge in [-0.3, -0.25) is 0 Å². The highest BCUT2D eigenvalue weighted by molar-refractivity contribution is 9.10. The largest absolute Gasteiger partial charge is 0.618 e. The number of pyridine rings is 1. The Balaban J connectivity index is 2.72. The van der Waals surface area contributed by atoms with Gasteiger partial charge in [-0.15, -0.1) is 0 Å². The van der Waals surface area contributed by atoms with Gasteiger partial charge in [0.1, 0.15) is 0 Å². The van der Waals surface area contributed by atoms with Crippen molar-refractivity contribution in [1.82, 2.24) is 0 Å². The van der Waals surface area contributed by atoms with E-state index in [9.17, 15) is 5.21 Å². The maximum Gasteiger partial charge on any atom is 0.209 e. The molecule has 0 aliphatic carbocycles. The molecule has 4 heteroatoms. The molecule has 0 fully saturated rings. The van der Waals surface area contributed by atoms with Crippen LogP contribution in [0.5, 0.6) is 0 Å². The minimum absolute atomic E-state index is 0.0286. The lowest BCUT2D eigenvalue weighted by Gasteiger charge is -2.08. The average molecular weight is 268 g/mol. The van der Waals surface area contributed by atoms with Crippen LogP contribution in [0.2, 0.25) is 0 Å². The zero-order valence-corrected chi connectivity index (χ0v) is 9.57. The van der Waals surface area contributed by atoms with Crippen molar-refractivity contribution in [2.45, 2.75) is 6.42 Å². The first-order valence-electron chi connectivity index (χ1n) is 4.64. The molecule has 1 N–H and O–H groups in total. The highest BCUT2D eigenvalue weighted by atomic mass is 79.9. The van der Waals surface area contributed by atoms with Crippen molar-refractivity contribution in [2.75, 3.05) is 6.61 Å². The quantitative estimate of drug-likeness (QED) is 0.666. The number of hydrogen-bond donors (Lipinski definition) is 1. The molecule has 1 aromatic carbocycles. The number of aliphatic hydroxyl groups is 1. The predicted molar refractivity (Wildman–Crippen MR) is 61.4 cm³/mol. The number of hydrogen-bond acceptors (Lipinski definition) is 2. The molecule has 0 aliphatic heterocycles. The second-order valence-corrected chi connectivity index (χ2v) is 4.07. The van der Waals surface area contributed by atoms with E-state index in [1.54, 1.807) is 0 Å². The lowest BCUT2D eigenvalue weighted by molar-refractivity contribution is -0.613. The molecule has 15 heavy (non-hydrogen) atoms. The van der Waals surface area contributed by atoms with Crippen molar-refractivity contribution in [2.24, 2.45) is 0 Å². The van der Waals surface area contributed by atoms with E-state index in [2.05, 4.69) is 15.9 Å². The van der Waals surface area contributed by atoms with E-state index in [1.165, 1.54) is 6.20 Å². The second-order valence-electron chi connectivity index (χ2n) is 3.28. The highest BCUT2D eigenvalue weighted by Crippen LogP contribution is 2.25. The summed E-state index contributed by atoms with van der Waals surface area (Å²) in [6.07, 6.45) is 1.89. The van der Waals surface area contributed by atoms with Gasteiger partial charge in [0.15, 0.2) is 6.20 Å². The van der Waals surface area contributed by atoms with Gasteiger partial charge in [-0.1, -0.05) is 18.2 Å². The molecule has 0 spiro atoms. The van der Waals surface area contributed by atoms with E-state index in [4.69, 9.17) is 5.11 Å². The van der Waals surface area contributed by atoms with Crippen LogP contribution in [0.25, 0.3) is 10.8 Å². The first-order chi connectivity index (χ1) is 7.24. The molecule has 2 aromatic rings. The number of benzene rings is 1. The normalized spacial score (nSPS) is 10.8. The molecule has 78 valence electrons. The maximum atomic E-state index is 11.6. The van der Waals surface area contributed by atoms with Crippen LogP contribution in [-0.2, 0) is 6.42 Å².